The molecule has 2 aromatic carbocycles. The number of ether oxygens (including phenoxy) is 3. The first-order valence-corrected chi connectivity index (χ1v) is 9.94. The zero-order valence-electron chi connectivity index (χ0n) is 17.6. The molecule has 0 unspecified atom stereocenters. The molecular weight excluding hydrogens is 398 g/mol. The van der Waals surface area contributed by atoms with Crippen molar-refractivity contribution in [3.8, 4) is 11.5 Å². The normalized spacial score (nSPS) is 10.4. The number of para-hydroxylation sites is 1. The van der Waals surface area contributed by atoms with Crippen LogP contribution >= 0.6 is 0 Å². The molecule has 7 nitrogen and oxygen atoms in total. The number of furan rings is 1. The number of nitrogens with zero attached hydrogens (tertiary/aromatic N) is 1. The van der Waals surface area contributed by atoms with Crippen molar-refractivity contribution in [2.45, 2.75) is 20.1 Å². The minimum atomic E-state index is -0.709. The van der Waals surface area contributed by atoms with Gasteiger partial charge in [0.25, 0.3) is 5.91 Å². The van der Waals surface area contributed by atoms with Gasteiger partial charge >= 0.3 is 5.97 Å². The summed E-state index contributed by atoms with van der Waals surface area (Å²) in [6.07, 6.45) is 1.39. The van der Waals surface area contributed by atoms with Crippen molar-refractivity contribution in [1.82, 2.24) is 4.90 Å². The zero-order valence-corrected chi connectivity index (χ0v) is 17.6. The predicted molar refractivity (Wildman–Crippen MR) is 114 cm³/mol. The van der Waals surface area contributed by atoms with Crippen molar-refractivity contribution < 1.29 is 28.2 Å². The van der Waals surface area contributed by atoms with Crippen molar-refractivity contribution >= 4 is 11.9 Å². The Kier molecular flexibility index (Phi) is 7.70. The fraction of sp³-hybridized carbons (Fsp3) is 0.250. The maximum atomic E-state index is 12.4. The molecule has 7 heteroatoms. The quantitative estimate of drug-likeness (QED) is 0.458. The predicted octanol–water partition coefficient (Wildman–Crippen LogP) is 4.07. The summed E-state index contributed by atoms with van der Waals surface area (Å²) in [5, 5.41) is 0. The van der Waals surface area contributed by atoms with Gasteiger partial charge in [-0.25, -0.2) is 4.79 Å². The van der Waals surface area contributed by atoms with Crippen LogP contribution in [0.2, 0.25) is 0 Å². The van der Waals surface area contributed by atoms with Crippen molar-refractivity contribution in [3.63, 3.8) is 0 Å². The van der Waals surface area contributed by atoms with Gasteiger partial charge in [-0.05, 0) is 42.8 Å². The second-order valence-corrected chi connectivity index (χ2v) is 6.78. The van der Waals surface area contributed by atoms with Gasteiger partial charge < -0.3 is 23.5 Å². The Morgan fingerprint density at radius 1 is 0.935 bits per heavy atom. The Morgan fingerprint density at radius 3 is 2.35 bits per heavy atom. The minimum absolute atomic E-state index is 0.0258. The third kappa shape index (κ3) is 6.37. The van der Waals surface area contributed by atoms with E-state index in [-0.39, 0.29) is 24.9 Å². The summed E-state index contributed by atoms with van der Waals surface area (Å²) in [7, 11) is 1.65. The minimum Gasteiger partial charge on any atom is -0.494 e. The van der Waals surface area contributed by atoms with Crippen molar-refractivity contribution in [3.05, 3.63) is 83.8 Å². The van der Waals surface area contributed by atoms with Gasteiger partial charge in [0.2, 0.25) is 5.76 Å². The monoisotopic (exact) mass is 423 g/mol. The highest BCUT2D eigenvalue weighted by Gasteiger charge is 2.20. The second kappa shape index (κ2) is 10.9. The van der Waals surface area contributed by atoms with E-state index >= 15 is 0 Å². The van der Waals surface area contributed by atoms with E-state index in [0.717, 1.165) is 11.3 Å². The molecule has 0 N–H and O–H groups in total. The number of amides is 1. The zero-order chi connectivity index (χ0) is 22.1. The van der Waals surface area contributed by atoms with E-state index < -0.39 is 5.97 Å². The fourth-order valence-electron chi connectivity index (χ4n) is 2.83. The van der Waals surface area contributed by atoms with Gasteiger partial charge in [0.15, 0.2) is 6.61 Å². The molecule has 0 saturated heterocycles. The molecule has 0 saturated carbocycles. The molecule has 3 rings (SSSR count). The van der Waals surface area contributed by atoms with E-state index in [1.165, 1.54) is 11.2 Å². The molecule has 1 aromatic heterocycles. The van der Waals surface area contributed by atoms with Crippen LogP contribution in [0.3, 0.4) is 0 Å². The maximum Gasteiger partial charge on any atom is 0.375 e. The molecule has 0 atom stereocenters. The van der Waals surface area contributed by atoms with Crippen LogP contribution in [-0.2, 0) is 22.7 Å². The molecule has 31 heavy (non-hydrogen) atoms. The van der Waals surface area contributed by atoms with E-state index in [0.29, 0.717) is 24.5 Å². The Balaban J connectivity index is 1.48. The van der Waals surface area contributed by atoms with Crippen LogP contribution in [0, 0.1) is 0 Å². The van der Waals surface area contributed by atoms with E-state index in [2.05, 4.69) is 0 Å². The van der Waals surface area contributed by atoms with Crippen LogP contribution in [0.5, 0.6) is 11.5 Å². The van der Waals surface area contributed by atoms with Crippen molar-refractivity contribution in [1.29, 1.82) is 0 Å². The first-order valence-electron chi connectivity index (χ1n) is 9.94. The van der Waals surface area contributed by atoms with Gasteiger partial charge in [0, 0.05) is 19.2 Å². The number of carbonyl (C=O) groups excluding carboxylic acids is 2. The van der Waals surface area contributed by atoms with Crippen molar-refractivity contribution in [2.24, 2.45) is 0 Å². The van der Waals surface area contributed by atoms with Gasteiger partial charge in [-0.2, -0.15) is 0 Å². The lowest BCUT2D eigenvalue weighted by Crippen LogP contribution is -2.30. The maximum absolute atomic E-state index is 12.4. The lowest BCUT2D eigenvalue weighted by atomic mass is 10.2. The molecule has 0 aliphatic carbocycles. The van der Waals surface area contributed by atoms with Gasteiger partial charge in [-0.3, -0.25) is 4.79 Å². The van der Waals surface area contributed by atoms with E-state index in [1.807, 2.05) is 61.5 Å². The molecule has 3 aromatic rings. The highest BCUT2D eigenvalue weighted by atomic mass is 16.5. The second-order valence-electron chi connectivity index (χ2n) is 6.78. The molecular formula is C24H25NO6. The fourth-order valence-corrected chi connectivity index (χ4v) is 2.83. The number of esters is 1. The van der Waals surface area contributed by atoms with Gasteiger partial charge in [0.05, 0.1) is 12.9 Å². The Morgan fingerprint density at radius 2 is 1.65 bits per heavy atom. The third-order valence-corrected chi connectivity index (χ3v) is 4.48. The van der Waals surface area contributed by atoms with Crippen LogP contribution in [0.25, 0.3) is 0 Å². The Bertz CT molecular complexity index is 981. The molecule has 1 heterocycles. The Labute approximate surface area is 181 Å². The number of hydrogen-bond acceptors (Lipinski definition) is 6. The average molecular weight is 423 g/mol. The molecule has 162 valence electrons. The summed E-state index contributed by atoms with van der Waals surface area (Å²) in [4.78, 5) is 26.2. The molecule has 0 spiro atoms. The standard InChI is InChI=1S/C24H25NO6/c1-3-28-21-11-9-18(10-12-21)15-25(2)22(26)17-31-24(27)23-19(13-14-29-23)16-30-20-7-5-4-6-8-20/h4-14H,3,15-17H2,1-2H3. The van der Waals surface area contributed by atoms with Gasteiger partial charge in [-0.15, -0.1) is 0 Å². The van der Waals surface area contributed by atoms with Crippen LogP contribution in [0.4, 0.5) is 0 Å². The molecule has 0 aliphatic rings. The van der Waals surface area contributed by atoms with Gasteiger partial charge in [-0.1, -0.05) is 30.3 Å². The summed E-state index contributed by atoms with van der Waals surface area (Å²) in [6, 6.07) is 18.4. The van der Waals surface area contributed by atoms with Crippen LogP contribution in [-0.4, -0.2) is 37.0 Å². The van der Waals surface area contributed by atoms with E-state index in [4.69, 9.17) is 18.6 Å². The molecule has 0 radical (unpaired) electrons. The summed E-state index contributed by atoms with van der Waals surface area (Å²) in [5.74, 6) is 0.446. The lowest BCUT2D eigenvalue weighted by molar-refractivity contribution is -0.133. The van der Waals surface area contributed by atoms with Crippen molar-refractivity contribution in [2.75, 3.05) is 20.3 Å². The smallest absolute Gasteiger partial charge is 0.375 e. The summed E-state index contributed by atoms with van der Waals surface area (Å²) >= 11 is 0. The highest BCUT2D eigenvalue weighted by molar-refractivity contribution is 5.90. The first kappa shape index (κ1) is 22.0. The van der Waals surface area contributed by atoms with Crippen LogP contribution in [0.1, 0.15) is 28.6 Å². The molecule has 0 bridgehead atoms. The number of benzene rings is 2. The van der Waals surface area contributed by atoms with E-state index in [1.54, 1.807) is 13.1 Å². The molecule has 0 fully saturated rings. The van der Waals surface area contributed by atoms with Crippen LogP contribution < -0.4 is 9.47 Å². The number of carbonyl (C=O) groups is 2. The number of rotatable bonds is 10. The number of likely N-dealkylation sites (N-methyl/N-ethyl adjacent to an activating group) is 1. The van der Waals surface area contributed by atoms with E-state index in [9.17, 15) is 9.59 Å². The molecule has 1 amide bonds. The molecule has 0 aliphatic heterocycles. The topological polar surface area (TPSA) is 78.2 Å². The first-order chi connectivity index (χ1) is 15.1. The summed E-state index contributed by atoms with van der Waals surface area (Å²) in [5.41, 5.74) is 1.49. The number of hydrogen-bond donors (Lipinski definition) is 0. The Hall–Kier alpha value is -3.74. The third-order valence-electron chi connectivity index (χ3n) is 4.48. The highest BCUT2D eigenvalue weighted by Crippen LogP contribution is 2.17. The summed E-state index contributed by atoms with van der Waals surface area (Å²) in [6.45, 7) is 2.67. The lowest BCUT2D eigenvalue weighted by Gasteiger charge is -2.17. The SMILES string of the molecule is CCOc1ccc(CN(C)C(=O)COC(=O)c2occc2COc2ccccc2)cc1. The summed E-state index contributed by atoms with van der Waals surface area (Å²) < 4.78 is 21.4. The largest absolute Gasteiger partial charge is 0.494 e. The van der Waals surface area contributed by atoms with Gasteiger partial charge in [0.1, 0.15) is 18.1 Å². The average Bonchev–Trinajstić information content (AvgIpc) is 3.27. The van der Waals surface area contributed by atoms with Crippen LogP contribution in [0.15, 0.2) is 71.3 Å².